The number of carbonyl (C=O) groups excluding carboxylic acids is 1. The van der Waals surface area contributed by atoms with Gasteiger partial charge in [0.25, 0.3) is 0 Å². The summed E-state index contributed by atoms with van der Waals surface area (Å²) < 4.78 is 0. The lowest BCUT2D eigenvalue weighted by Gasteiger charge is -2.25. The molecule has 0 aromatic carbocycles. The Morgan fingerprint density at radius 3 is 2.64 bits per heavy atom. The first-order valence-electron chi connectivity index (χ1n) is 4.01. The van der Waals surface area contributed by atoms with Crippen LogP contribution in [0.5, 0.6) is 0 Å². The molecule has 0 N–H and O–H groups in total. The van der Waals surface area contributed by atoms with Crippen LogP contribution in [0.2, 0.25) is 0 Å². The summed E-state index contributed by atoms with van der Waals surface area (Å²) >= 11 is 6.20. The lowest BCUT2D eigenvalue weighted by atomic mass is 9.89. The fourth-order valence-electron chi connectivity index (χ4n) is 2.20. The van der Waals surface area contributed by atoms with Gasteiger partial charge in [0.15, 0.2) is 5.78 Å². The van der Waals surface area contributed by atoms with Crippen LogP contribution in [-0.4, -0.2) is 10.7 Å². The third kappa shape index (κ3) is 0.871. The summed E-state index contributed by atoms with van der Waals surface area (Å²) in [6, 6.07) is 0. The Morgan fingerprint density at radius 2 is 2.36 bits per heavy atom. The topological polar surface area (TPSA) is 17.1 Å². The number of ketones is 1. The summed E-state index contributed by atoms with van der Waals surface area (Å²) in [5.74, 6) is 1.02. The minimum absolute atomic E-state index is 0.135. The Hall–Kier alpha value is -0.300. The summed E-state index contributed by atoms with van der Waals surface area (Å²) in [6.45, 7) is 1.60. The molecule has 0 heterocycles. The van der Waals surface area contributed by atoms with Crippen molar-refractivity contribution in [2.45, 2.75) is 24.6 Å². The quantitative estimate of drug-likeness (QED) is 0.436. The molecule has 0 aliphatic heterocycles. The average Bonchev–Trinajstić information content (AvgIpc) is 2.45. The van der Waals surface area contributed by atoms with Crippen molar-refractivity contribution in [3.8, 4) is 0 Å². The molecule has 0 saturated heterocycles. The van der Waals surface area contributed by atoms with Crippen molar-refractivity contribution in [3.05, 3.63) is 12.2 Å². The van der Waals surface area contributed by atoms with Crippen LogP contribution in [0.25, 0.3) is 0 Å². The van der Waals surface area contributed by atoms with Gasteiger partial charge in [-0.2, -0.15) is 0 Å². The van der Waals surface area contributed by atoms with Gasteiger partial charge < -0.3 is 0 Å². The minimum atomic E-state index is -0.542. The Morgan fingerprint density at radius 1 is 1.64 bits per heavy atom. The molecule has 60 valence electrons. The fraction of sp³-hybridized carbons (Fsp3) is 0.667. The normalized spacial score (nSPS) is 46.7. The second-order valence-electron chi connectivity index (χ2n) is 3.61. The zero-order valence-electron chi connectivity index (χ0n) is 6.51. The largest absolute Gasteiger partial charge is 0.298 e. The van der Waals surface area contributed by atoms with Crippen molar-refractivity contribution in [3.63, 3.8) is 0 Å². The maximum absolute atomic E-state index is 11.2. The SMILES string of the molecule is CC(=O)[C@@]1(Cl)C[C@H]2C=C[C@@H]1C2. The van der Waals surface area contributed by atoms with Gasteiger partial charge in [0.1, 0.15) is 4.87 Å². The number of hydrogen-bond acceptors (Lipinski definition) is 1. The summed E-state index contributed by atoms with van der Waals surface area (Å²) in [7, 11) is 0. The number of fused-ring (bicyclic) bond motifs is 2. The number of halogens is 1. The zero-order valence-corrected chi connectivity index (χ0v) is 7.27. The molecule has 2 heteroatoms. The molecule has 1 nitrogen and oxygen atoms in total. The summed E-state index contributed by atoms with van der Waals surface area (Å²) in [5.41, 5.74) is 0. The minimum Gasteiger partial charge on any atom is -0.298 e. The predicted octanol–water partition coefficient (Wildman–Crippen LogP) is 2.15. The number of carbonyl (C=O) groups is 1. The summed E-state index contributed by atoms with van der Waals surface area (Å²) in [5, 5.41) is 0. The van der Waals surface area contributed by atoms with Crippen LogP contribution in [0.3, 0.4) is 0 Å². The van der Waals surface area contributed by atoms with Gasteiger partial charge in [-0.05, 0) is 25.7 Å². The van der Waals surface area contributed by atoms with E-state index >= 15 is 0 Å². The monoisotopic (exact) mass is 170 g/mol. The van der Waals surface area contributed by atoms with Gasteiger partial charge in [0.2, 0.25) is 0 Å². The number of rotatable bonds is 1. The molecule has 0 aromatic rings. The smallest absolute Gasteiger partial charge is 0.151 e. The van der Waals surface area contributed by atoms with Crippen LogP contribution in [0.1, 0.15) is 19.8 Å². The van der Waals surface area contributed by atoms with Crippen LogP contribution in [-0.2, 0) is 4.79 Å². The predicted molar refractivity (Wildman–Crippen MR) is 44.6 cm³/mol. The molecule has 1 fully saturated rings. The maximum atomic E-state index is 11.2. The molecule has 0 radical (unpaired) electrons. The Bertz CT molecular complexity index is 234. The van der Waals surface area contributed by atoms with Crippen LogP contribution < -0.4 is 0 Å². The van der Waals surface area contributed by atoms with Crippen molar-refractivity contribution in [2.75, 3.05) is 0 Å². The molecule has 0 spiro atoms. The van der Waals surface area contributed by atoms with E-state index in [9.17, 15) is 4.79 Å². The average molecular weight is 171 g/mol. The highest BCUT2D eigenvalue weighted by Crippen LogP contribution is 2.50. The highest BCUT2D eigenvalue weighted by atomic mass is 35.5. The molecule has 3 atom stereocenters. The molecule has 2 aliphatic rings. The van der Waals surface area contributed by atoms with Gasteiger partial charge in [-0.3, -0.25) is 4.79 Å². The van der Waals surface area contributed by atoms with Crippen LogP contribution >= 0.6 is 11.6 Å². The van der Waals surface area contributed by atoms with Gasteiger partial charge in [-0.1, -0.05) is 12.2 Å². The van der Waals surface area contributed by atoms with E-state index in [2.05, 4.69) is 12.2 Å². The first kappa shape index (κ1) is 7.35. The van der Waals surface area contributed by atoms with Gasteiger partial charge in [0.05, 0.1) is 0 Å². The number of Topliss-reactive ketones (excluding diaryl/α,β-unsaturated/α-hetero) is 1. The molecule has 2 aliphatic carbocycles. The summed E-state index contributed by atoms with van der Waals surface area (Å²) in [6.07, 6.45) is 6.23. The second-order valence-corrected chi connectivity index (χ2v) is 4.28. The van der Waals surface area contributed by atoms with Crippen molar-refractivity contribution < 1.29 is 4.79 Å². The molecule has 0 unspecified atom stereocenters. The molecule has 2 rings (SSSR count). The molecular weight excluding hydrogens is 160 g/mol. The first-order chi connectivity index (χ1) is 5.13. The van der Waals surface area contributed by atoms with Crippen molar-refractivity contribution in [1.82, 2.24) is 0 Å². The van der Waals surface area contributed by atoms with Gasteiger partial charge >= 0.3 is 0 Å². The molecule has 0 aromatic heterocycles. The number of allylic oxidation sites excluding steroid dienone is 2. The van der Waals surface area contributed by atoms with Gasteiger partial charge in [0, 0.05) is 5.92 Å². The van der Waals surface area contributed by atoms with Crippen LogP contribution in [0.15, 0.2) is 12.2 Å². The van der Waals surface area contributed by atoms with Gasteiger partial charge in [-0.15, -0.1) is 11.6 Å². The van der Waals surface area contributed by atoms with E-state index in [0.717, 1.165) is 12.8 Å². The number of hydrogen-bond donors (Lipinski definition) is 0. The number of alkyl halides is 1. The van der Waals surface area contributed by atoms with Crippen molar-refractivity contribution in [2.24, 2.45) is 11.8 Å². The van der Waals surface area contributed by atoms with Crippen LogP contribution in [0.4, 0.5) is 0 Å². The maximum Gasteiger partial charge on any atom is 0.151 e. The standard InChI is InChI=1S/C9H11ClO/c1-6(11)9(10)5-7-2-3-8(9)4-7/h2-3,7-8H,4-5H2,1H3/t7-,8+,9-/m0/s1. The molecular formula is C9H11ClO. The van der Waals surface area contributed by atoms with Crippen LogP contribution in [0, 0.1) is 11.8 Å². The zero-order chi connectivity index (χ0) is 8.06. The Balaban J connectivity index is 2.30. The molecule has 1 saturated carbocycles. The third-order valence-corrected chi connectivity index (χ3v) is 3.61. The Labute approximate surface area is 71.4 Å². The lowest BCUT2D eigenvalue weighted by Crippen LogP contribution is -2.34. The van der Waals surface area contributed by atoms with E-state index in [1.165, 1.54) is 0 Å². The molecule has 11 heavy (non-hydrogen) atoms. The molecule has 0 amide bonds. The van der Waals surface area contributed by atoms with E-state index in [-0.39, 0.29) is 5.78 Å². The van der Waals surface area contributed by atoms with Crippen molar-refractivity contribution >= 4 is 17.4 Å². The lowest BCUT2D eigenvalue weighted by molar-refractivity contribution is -0.120. The van der Waals surface area contributed by atoms with E-state index in [4.69, 9.17) is 11.6 Å². The summed E-state index contributed by atoms with van der Waals surface area (Å²) in [4.78, 5) is 10.6. The third-order valence-electron chi connectivity index (χ3n) is 2.90. The van der Waals surface area contributed by atoms with Gasteiger partial charge in [-0.25, -0.2) is 0 Å². The molecule has 2 bridgehead atoms. The van der Waals surface area contributed by atoms with Crippen molar-refractivity contribution in [1.29, 1.82) is 0 Å². The Kier molecular flexibility index (Phi) is 1.40. The first-order valence-corrected chi connectivity index (χ1v) is 4.39. The van der Waals surface area contributed by atoms with E-state index in [1.54, 1.807) is 6.92 Å². The second kappa shape index (κ2) is 2.10. The van der Waals surface area contributed by atoms with E-state index < -0.39 is 4.87 Å². The van der Waals surface area contributed by atoms with E-state index in [1.807, 2.05) is 0 Å². The van der Waals surface area contributed by atoms with E-state index in [0.29, 0.717) is 11.8 Å². The fourth-order valence-corrected chi connectivity index (χ4v) is 2.56. The highest BCUT2D eigenvalue weighted by molar-refractivity contribution is 6.35. The highest BCUT2D eigenvalue weighted by Gasteiger charge is 2.50.